The first-order valence-corrected chi connectivity index (χ1v) is 14.0. The number of aromatic nitrogens is 1. The van der Waals surface area contributed by atoms with E-state index in [-0.39, 0.29) is 11.6 Å². The van der Waals surface area contributed by atoms with E-state index in [4.69, 9.17) is 21.4 Å². The molecule has 1 aliphatic rings. The number of carboxylic acid groups (broad SMARTS) is 1. The summed E-state index contributed by atoms with van der Waals surface area (Å²) in [6.45, 7) is 0. The van der Waals surface area contributed by atoms with Crippen molar-refractivity contribution in [2.24, 2.45) is 0 Å². The summed E-state index contributed by atoms with van der Waals surface area (Å²) in [6.07, 6.45) is 2.77. The lowest BCUT2D eigenvalue weighted by Gasteiger charge is -2.26. The number of anilines is 2. The summed E-state index contributed by atoms with van der Waals surface area (Å²) >= 11 is 5.75. The molecule has 39 heavy (non-hydrogen) atoms. The summed E-state index contributed by atoms with van der Waals surface area (Å²) in [4.78, 5) is 17.6. The third-order valence-corrected chi connectivity index (χ3v) is 7.10. The molecular weight excluding hydrogens is 540 g/mol. The van der Waals surface area contributed by atoms with Gasteiger partial charge in [-0.1, -0.05) is 18.2 Å². The van der Waals surface area contributed by atoms with Crippen molar-refractivity contribution in [1.82, 2.24) is 10.3 Å². The highest BCUT2D eigenvalue weighted by Gasteiger charge is 2.42. The van der Waals surface area contributed by atoms with Gasteiger partial charge in [0.1, 0.15) is 23.3 Å². The van der Waals surface area contributed by atoms with Crippen LogP contribution < -0.4 is 19.7 Å². The molecule has 200 valence electrons. The maximum atomic E-state index is 11.8. The smallest absolute Gasteiger partial charge is 0.335 e. The van der Waals surface area contributed by atoms with Gasteiger partial charge in [0.05, 0.1) is 36.4 Å². The number of aromatic carboxylic acids is 1. The molecular formula is C27H24N4O6S2. The van der Waals surface area contributed by atoms with Crippen molar-refractivity contribution in [2.75, 3.05) is 23.0 Å². The monoisotopic (exact) mass is 564 g/mol. The Hall–Kier alpha value is -4.42. The number of hydrogen-bond donors (Lipinski definition) is 3. The van der Waals surface area contributed by atoms with Crippen molar-refractivity contribution in [1.29, 1.82) is 0 Å². The number of methoxy groups -OCH3 is 1. The Morgan fingerprint density at radius 1 is 1.13 bits per heavy atom. The Bertz CT molecular complexity index is 1640. The summed E-state index contributed by atoms with van der Waals surface area (Å²) in [7, 11) is -2.07. The summed E-state index contributed by atoms with van der Waals surface area (Å²) in [5.41, 5.74) is 2.59. The zero-order valence-corrected chi connectivity index (χ0v) is 22.5. The molecule has 1 aliphatic heterocycles. The Kier molecular flexibility index (Phi) is 6.98. The predicted octanol–water partition coefficient (Wildman–Crippen LogP) is 4.60. The minimum Gasteiger partial charge on any atom is -0.494 e. The van der Waals surface area contributed by atoms with Crippen LogP contribution in [-0.2, 0) is 10.0 Å². The van der Waals surface area contributed by atoms with E-state index >= 15 is 0 Å². The van der Waals surface area contributed by atoms with Gasteiger partial charge in [-0.05, 0) is 60.7 Å². The molecule has 0 unspecified atom stereocenters. The van der Waals surface area contributed by atoms with Crippen LogP contribution in [-0.4, -0.2) is 43.0 Å². The first kappa shape index (κ1) is 26.2. The molecule has 0 spiro atoms. The maximum absolute atomic E-state index is 11.8. The molecule has 2 aromatic heterocycles. The summed E-state index contributed by atoms with van der Waals surface area (Å²) in [5.74, 6) is 0.464. The third-order valence-electron chi connectivity index (χ3n) is 6.19. The van der Waals surface area contributed by atoms with E-state index in [1.807, 2.05) is 35.2 Å². The standard InChI is InChI=1S/C27H24N4O6S2/c1-36-23-15-18(10-11-19(23)30-39(2,34)35)31-25(24(29-27(31)38)20-5-3-4-14-28-20)22-13-12-21(37-22)16-6-8-17(9-7-16)26(32)33/h3-15,24-25,30H,1-2H3,(H,29,38)(H,32,33)/t24-,25+/m0/s1. The van der Waals surface area contributed by atoms with Crippen LogP contribution in [0.4, 0.5) is 11.4 Å². The van der Waals surface area contributed by atoms with Crippen LogP contribution in [0.2, 0.25) is 0 Å². The lowest BCUT2D eigenvalue weighted by Crippen LogP contribution is -2.29. The number of rotatable bonds is 8. The fourth-order valence-corrected chi connectivity index (χ4v) is 5.39. The number of carbonyl (C=O) groups is 1. The highest BCUT2D eigenvalue weighted by atomic mass is 32.2. The number of hydrogen-bond acceptors (Lipinski definition) is 7. The van der Waals surface area contributed by atoms with Gasteiger partial charge in [0.15, 0.2) is 5.11 Å². The SMILES string of the molecule is COc1cc(N2C(=S)N[C@@H](c3ccccn3)[C@H]2c2ccc(-c3ccc(C(=O)O)cc3)o2)ccc1NS(C)(=O)=O. The lowest BCUT2D eigenvalue weighted by atomic mass is 10.0. The summed E-state index contributed by atoms with van der Waals surface area (Å²) in [6, 6.07) is 19.9. The Morgan fingerprint density at radius 2 is 1.90 bits per heavy atom. The fraction of sp³-hybridized carbons (Fsp3) is 0.148. The van der Waals surface area contributed by atoms with Crippen molar-refractivity contribution >= 4 is 44.7 Å². The lowest BCUT2D eigenvalue weighted by molar-refractivity contribution is 0.0697. The molecule has 2 aromatic carbocycles. The number of sulfonamides is 1. The van der Waals surface area contributed by atoms with E-state index in [2.05, 4.69) is 15.0 Å². The number of thiocarbonyl (C=S) groups is 1. The van der Waals surface area contributed by atoms with Crippen molar-refractivity contribution < 1.29 is 27.5 Å². The largest absolute Gasteiger partial charge is 0.494 e. The predicted molar refractivity (Wildman–Crippen MR) is 150 cm³/mol. The fourth-order valence-electron chi connectivity index (χ4n) is 4.48. The Labute approximate surface area is 230 Å². The zero-order valence-electron chi connectivity index (χ0n) is 20.9. The second-order valence-corrected chi connectivity index (χ2v) is 11.0. The van der Waals surface area contributed by atoms with Gasteiger partial charge in [-0.2, -0.15) is 0 Å². The van der Waals surface area contributed by atoms with Gasteiger partial charge in [0, 0.05) is 23.5 Å². The first-order valence-electron chi connectivity index (χ1n) is 11.7. The van der Waals surface area contributed by atoms with E-state index in [9.17, 15) is 18.3 Å². The molecule has 10 nitrogen and oxygen atoms in total. The van der Waals surface area contributed by atoms with Crippen LogP contribution >= 0.6 is 12.2 Å². The van der Waals surface area contributed by atoms with Gasteiger partial charge >= 0.3 is 5.97 Å². The summed E-state index contributed by atoms with van der Waals surface area (Å²) in [5, 5.41) is 13.0. The molecule has 1 saturated heterocycles. The zero-order chi connectivity index (χ0) is 27.7. The van der Waals surface area contributed by atoms with Gasteiger partial charge in [0.25, 0.3) is 0 Å². The van der Waals surface area contributed by atoms with E-state index in [0.29, 0.717) is 33.8 Å². The van der Waals surface area contributed by atoms with E-state index in [0.717, 1.165) is 17.5 Å². The second kappa shape index (κ2) is 10.4. The molecule has 0 bridgehead atoms. The maximum Gasteiger partial charge on any atom is 0.335 e. The average molecular weight is 565 g/mol. The van der Waals surface area contributed by atoms with Crippen LogP contribution in [0.5, 0.6) is 5.75 Å². The summed E-state index contributed by atoms with van der Waals surface area (Å²) < 4.78 is 37.9. The van der Waals surface area contributed by atoms with Crippen molar-refractivity contribution in [3.8, 4) is 17.1 Å². The topological polar surface area (TPSA) is 134 Å². The minimum absolute atomic E-state index is 0.181. The molecule has 0 saturated carbocycles. The molecule has 0 radical (unpaired) electrons. The van der Waals surface area contributed by atoms with Crippen LogP contribution in [0, 0.1) is 0 Å². The number of benzene rings is 2. The van der Waals surface area contributed by atoms with E-state index in [1.165, 1.54) is 19.2 Å². The average Bonchev–Trinajstić information content (AvgIpc) is 3.53. The van der Waals surface area contributed by atoms with Gasteiger partial charge < -0.3 is 24.5 Å². The van der Waals surface area contributed by atoms with Crippen LogP contribution in [0.25, 0.3) is 11.3 Å². The second-order valence-electron chi connectivity index (χ2n) is 8.84. The molecule has 3 N–H and O–H groups in total. The van der Waals surface area contributed by atoms with Gasteiger partial charge in [0.2, 0.25) is 10.0 Å². The molecule has 5 rings (SSSR count). The number of ether oxygens (including phenoxy) is 1. The first-order chi connectivity index (χ1) is 18.6. The number of nitrogens with zero attached hydrogens (tertiary/aromatic N) is 2. The van der Waals surface area contributed by atoms with Crippen LogP contribution in [0.1, 0.15) is 33.9 Å². The number of carboxylic acids is 1. The quantitative estimate of drug-likeness (QED) is 0.261. The highest BCUT2D eigenvalue weighted by molar-refractivity contribution is 7.92. The molecule has 3 heterocycles. The van der Waals surface area contributed by atoms with Crippen molar-refractivity contribution in [3.63, 3.8) is 0 Å². The molecule has 0 aliphatic carbocycles. The molecule has 1 fully saturated rings. The van der Waals surface area contributed by atoms with Crippen LogP contribution in [0.15, 0.2) is 83.4 Å². The van der Waals surface area contributed by atoms with E-state index < -0.39 is 22.0 Å². The number of nitrogens with one attached hydrogen (secondary N) is 2. The molecule has 2 atom stereocenters. The normalized spacial score (nSPS) is 17.1. The molecule has 0 amide bonds. The minimum atomic E-state index is -3.52. The van der Waals surface area contributed by atoms with Crippen molar-refractivity contribution in [2.45, 2.75) is 12.1 Å². The van der Waals surface area contributed by atoms with Crippen LogP contribution in [0.3, 0.4) is 0 Å². The Morgan fingerprint density at radius 3 is 2.54 bits per heavy atom. The molecule has 4 aromatic rings. The van der Waals surface area contributed by atoms with Gasteiger partial charge in [-0.25, -0.2) is 13.2 Å². The number of pyridine rings is 1. The molecule has 12 heteroatoms. The third kappa shape index (κ3) is 5.42. The van der Waals surface area contributed by atoms with Gasteiger partial charge in [-0.15, -0.1) is 0 Å². The van der Waals surface area contributed by atoms with Gasteiger partial charge in [-0.3, -0.25) is 9.71 Å². The van der Waals surface area contributed by atoms with E-state index in [1.54, 1.807) is 36.5 Å². The highest BCUT2D eigenvalue weighted by Crippen LogP contribution is 2.44. The number of furan rings is 1. The Balaban J connectivity index is 1.57. The van der Waals surface area contributed by atoms with Crippen molar-refractivity contribution in [3.05, 3.63) is 96.0 Å².